The summed E-state index contributed by atoms with van der Waals surface area (Å²) in [4.78, 5) is 15.9. The first-order valence-corrected chi connectivity index (χ1v) is 7.34. The molecule has 2 aromatic heterocycles. The molecule has 0 bridgehead atoms. The molecule has 2 heterocycles. The van der Waals surface area contributed by atoms with E-state index in [4.69, 9.17) is 9.15 Å². The van der Waals surface area contributed by atoms with E-state index in [1.807, 2.05) is 6.92 Å². The Kier molecular flexibility index (Phi) is 3.39. The minimum absolute atomic E-state index is 0.169. The first kappa shape index (κ1) is 13.6. The highest BCUT2D eigenvalue weighted by molar-refractivity contribution is 7.13. The summed E-state index contributed by atoms with van der Waals surface area (Å²) >= 11 is 1.30. The molecule has 0 spiro atoms. The van der Waals surface area contributed by atoms with E-state index in [1.54, 1.807) is 30.5 Å². The van der Waals surface area contributed by atoms with Crippen LogP contribution in [0.1, 0.15) is 23.0 Å². The number of phenols is 1. The number of hydrogen-bond acceptors (Lipinski definition) is 6. The summed E-state index contributed by atoms with van der Waals surface area (Å²) < 4.78 is 10.7. The number of aromatic nitrogens is 1. The summed E-state index contributed by atoms with van der Waals surface area (Å²) in [5.41, 5.74) is 1.66. The van der Waals surface area contributed by atoms with E-state index in [-0.39, 0.29) is 11.4 Å². The molecule has 0 aliphatic rings. The molecule has 21 heavy (non-hydrogen) atoms. The van der Waals surface area contributed by atoms with Crippen molar-refractivity contribution in [3.8, 4) is 16.5 Å². The van der Waals surface area contributed by atoms with Crippen molar-refractivity contribution >= 4 is 28.3 Å². The molecule has 5 nitrogen and oxygen atoms in total. The molecule has 3 aromatic rings. The SMILES string of the molecule is CCOC(=O)c1csc(-c2oc3cccc(O)c3c2C)n1. The predicted molar refractivity (Wildman–Crippen MR) is 79.7 cm³/mol. The quantitative estimate of drug-likeness (QED) is 0.746. The highest BCUT2D eigenvalue weighted by atomic mass is 32.1. The van der Waals surface area contributed by atoms with Crippen LogP contribution < -0.4 is 0 Å². The summed E-state index contributed by atoms with van der Waals surface area (Å²) in [5, 5.41) is 12.8. The molecule has 1 N–H and O–H groups in total. The van der Waals surface area contributed by atoms with Gasteiger partial charge in [0.15, 0.2) is 16.5 Å². The lowest BCUT2D eigenvalue weighted by Gasteiger charge is -1.96. The number of benzene rings is 1. The molecule has 0 saturated carbocycles. The Balaban J connectivity index is 2.07. The van der Waals surface area contributed by atoms with Crippen LogP contribution in [0.3, 0.4) is 0 Å². The number of esters is 1. The standard InChI is InChI=1S/C15H13NO4S/c1-3-19-15(18)9-7-21-14(16-9)13-8(2)12-10(17)5-4-6-11(12)20-13/h4-7,17H,3H2,1-2H3. The van der Waals surface area contributed by atoms with Crippen molar-refractivity contribution in [2.24, 2.45) is 0 Å². The number of aryl methyl sites for hydroxylation is 1. The molecule has 0 radical (unpaired) electrons. The van der Waals surface area contributed by atoms with Gasteiger partial charge in [-0.25, -0.2) is 9.78 Å². The summed E-state index contributed by atoms with van der Waals surface area (Å²) in [6, 6.07) is 5.11. The third-order valence-corrected chi connectivity index (χ3v) is 3.96. The number of thiazole rings is 1. The summed E-state index contributed by atoms with van der Waals surface area (Å²) in [6.45, 7) is 3.91. The van der Waals surface area contributed by atoms with Gasteiger partial charge in [0, 0.05) is 10.9 Å². The third-order valence-electron chi connectivity index (χ3n) is 3.11. The maximum atomic E-state index is 11.7. The van der Waals surface area contributed by atoms with Crippen LogP contribution in [0, 0.1) is 6.92 Å². The normalized spacial score (nSPS) is 11.0. The lowest BCUT2D eigenvalue weighted by molar-refractivity contribution is 0.0520. The second kappa shape index (κ2) is 5.21. The zero-order chi connectivity index (χ0) is 15.0. The van der Waals surface area contributed by atoms with Gasteiger partial charge in [0.1, 0.15) is 11.3 Å². The number of carbonyl (C=O) groups excluding carboxylic acids is 1. The predicted octanol–water partition coefficient (Wildman–Crippen LogP) is 3.75. The largest absolute Gasteiger partial charge is 0.507 e. The molecular formula is C15H13NO4S. The van der Waals surface area contributed by atoms with Gasteiger partial charge < -0.3 is 14.3 Å². The van der Waals surface area contributed by atoms with Crippen molar-refractivity contribution in [2.45, 2.75) is 13.8 Å². The topological polar surface area (TPSA) is 72.6 Å². The van der Waals surface area contributed by atoms with E-state index in [0.717, 1.165) is 5.56 Å². The van der Waals surface area contributed by atoms with Crippen LogP contribution in [0.25, 0.3) is 21.7 Å². The number of carbonyl (C=O) groups is 1. The number of fused-ring (bicyclic) bond motifs is 1. The molecule has 0 aliphatic heterocycles. The Hall–Kier alpha value is -2.34. The second-order valence-electron chi connectivity index (χ2n) is 4.46. The van der Waals surface area contributed by atoms with Gasteiger partial charge in [0.05, 0.1) is 12.0 Å². The molecule has 3 rings (SSSR count). The molecule has 0 saturated heterocycles. The Morgan fingerprint density at radius 3 is 3.00 bits per heavy atom. The van der Waals surface area contributed by atoms with Crippen LogP contribution in [-0.4, -0.2) is 22.7 Å². The Morgan fingerprint density at radius 1 is 1.48 bits per heavy atom. The van der Waals surface area contributed by atoms with Gasteiger partial charge in [0.2, 0.25) is 0 Å². The van der Waals surface area contributed by atoms with Gasteiger partial charge in [-0.05, 0) is 26.0 Å². The van der Waals surface area contributed by atoms with Crippen LogP contribution in [0.2, 0.25) is 0 Å². The van der Waals surface area contributed by atoms with Crippen molar-refractivity contribution in [1.82, 2.24) is 4.98 Å². The summed E-state index contributed by atoms with van der Waals surface area (Å²) in [6.07, 6.45) is 0. The highest BCUT2D eigenvalue weighted by Gasteiger charge is 2.19. The molecular weight excluding hydrogens is 290 g/mol. The van der Waals surface area contributed by atoms with Crippen LogP contribution in [-0.2, 0) is 4.74 Å². The molecule has 6 heteroatoms. The average molecular weight is 303 g/mol. The van der Waals surface area contributed by atoms with E-state index >= 15 is 0 Å². The van der Waals surface area contributed by atoms with Gasteiger partial charge in [-0.1, -0.05) is 6.07 Å². The van der Waals surface area contributed by atoms with E-state index in [9.17, 15) is 9.90 Å². The molecule has 0 aliphatic carbocycles. The number of nitrogens with zero attached hydrogens (tertiary/aromatic N) is 1. The van der Waals surface area contributed by atoms with Crippen LogP contribution in [0.5, 0.6) is 5.75 Å². The maximum Gasteiger partial charge on any atom is 0.357 e. The van der Waals surface area contributed by atoms with Crippen molar-refractivity contribution in [2.75, 3.05) is 6.61 Å². The fourth-order valence-corrected chi connectivity index (χ4v) is 2.99. The molecule has 0 unspecified atom stereocenters. The van der Waals surface area contributed by atoms with Gasteiger partial charge >= 0.3 is 5.97 Å². The average Bonchev–Trinajstić information content (AvgIpc) is 3.05. The molecule has 1 aromatic carbocycles. The molecule has 0 fully saturated rings. The fraction of sp³-hybridized carbons (Fsp3) is 0.200. The zero-order valence-corrected chi connectivity index (χ0v) is 12.4. The van der Waals surface area contributed by atoms with Gasteiger partial charge in [-0.3, -0.25) is 0 Å². The number of furan rings is 1. The summed E-state index contributed by atoms with van der Waals surface area (Å²) in [5.74, 6) is 0.283. The molecule has 0 atom stereocenters. The smallest absolute Gasteiger partial charge is 0.357 e. The highest BCUT2D eigenvalue weighted by Crippen LogP contribution is 2.38. The van der Waals surface area contributed by atoms with Crippen molar-refractivity contribution < 1.29 is 19.1 Å². The van der Waals surface area contributed by atoms with Crippen LogP contribution >= 0.6 is 11.3 Å². The van der Waals surface area contributed by atoms with Crippen molar-refractivity contribution in [1.29, 1.82) is 0 Å². The fourth-order valence-electron chi connectivity index (χ4n) is 2.16. The monoisotopic (exact) mass is 303 g/mol. The first-order valence-electron chi connectivity index (χ1n) is 6.46. The first-order chi connectivity index (χ1) is 10.1. The lowest BCUT2D eigenvalue weighted by atomic mass is 10.1. The number of rotatable bonds is 3. The third kappa shape index (κ3) is 2.27. The Bertz CT molecular complexity index is 818. The number of aromatic hydroxyl groups is 1. The van der Waals surface area contributed by atoms with Crippen molar-refractivity contribution in [3.63, 3.8) is 0 Å². The van der Waals surface area contributed by atoms with Crippen LogP contribution in [0.15, 0.2) is 28.0 Å². The summed E-state index contributed by atoms with van der Waals surface area (Å²) in [7, 11) is 0. The number of ether oxygens (including phenoxy) is 1. The lowest BCUT2D eigenvalue weighted by Crippen LogP contribution is -2.04. The Morgan fingerprint density at radius 2 is 2.29 bits per heavy atom. The zero-order valence-electron chi connectivity index (χ0n) is 11.5. The minimum Gasteiger partial charge on any atom is -0.507 e. The van der Waals surface area contributed by atoms with E-state index in [1.165, 1.54) is 11.3 Å². The van der Waals surface area contributed by atoms with Gasteiger partial charge in [-0.15, -0.1) is 11.3 Å². The molecule has 0 amide bonds. The van der Waals surface area contributed by atoms with E-state index in [2.05, 4.69) is 4.98 Å². The van der Waals surface area contributed by atoms with Gasteiger partial charge in [0.25, 0.3) is 0 Å². The molecule has 108 valence electrons. The second-order valence-corrected chi connectivity index (χ2v) is 5.32. The number of hydrogen-bond donors (Lipinski definition) is 1. The number of phenolic OH excluding ortho intramolecular Hbond substituents is 1. The maximum absolute atomic E-state index is 11.7. The Labute approximate surface area is 124 Å². The van der Waals surface area contributed by atoms with Gasteiger partial charge in [-0.2, -0.15) is 0 Å². The van der Waals surface area contributed by atoms with E-state index < -0.39 is 5.97 Å². The van der Waals surface area contributed by atoms with Crippen LogP contribution in [0.4, 0.5) is 0 Å². The van der Waals surface area contributed by atoms with E-state index in [0.29, 0.717) is 28.3 Å². The minimum atomic E-state index is -0.448. The van der Waals surface area contributed by atoms with Crippen molar-refractivity contribution in [3.05, 3.63) is 34.8 Å².